The molecule has 0 saturated carbocycles. The second-order valence-corrected chi connectivity index (χ2v) is 21.0. The number of hydrogen-bond acceptors (Lipinski definition) is 10. The van der Waals surface area contributed by atoms with Gasteiger partial charge in [0, 0.05) is 61.3 Å². The Bertz CT molecular complexity index is 2570. The quantitative estimate of drug-likeness (QED) is 0.0857. The van der Waals surface area contributed by atoms with Crippen LogP contribution in [0.1, 0.15) is 107 Å². The molecule has 0 N–H and O–H groups in total. The van der Waals surface area contributed by atoms with Crippen molar-refractivity contribution in [2.75, 3.05) is 0 Å². The van der Waals surface area contributed by atoms with Crippen LogP contribution >= 0.6 is 68.8 Å². The molecule has 0 aliphatic rings. The molecule has 6 heterocycles. The molecule has 0 spiro atoms. The van der Waals surface area contributed by atoms with Gasteiger partial charge in [0.05, 0.1) is 23.5 Å². The lowest BCUT2D eigenvalue weighted by Gasteiger charge is -2.05. The first-order valence-corrected chi connectivity index (χ1v) is 24.9. The Balaban J connectivity index is 1.06. The number of aromatic nitrogens is 4. The average molecular weight is 851 g/mol. The van der Waals surface area contributed by atoms with E-state index in [2.05, 4.69) is 90.1 Å². The predicted molar refractivity (Wildman–Crippen MR) is 250 cm³/mol. The van der Waals surface area contributed by atoms with Crippen molar-refractivity contribution in [2.45, 2.75) is 119 Å². The van der Waals surface area contributed by atoms with Crippen LogP contribution in [0.25, 0.3) is 63.8 Å². The number of hydrogen-bond donors (Lipinski definition) is 0. The number of thiophene rings is 4. The zero-order valence-corrected chi connectivity index (χ0v) is 38.2. The fourth-order valence-electron chi connectivity index (χ4n) is 7.77. The molecule has 0 aliphatic heterocycles. The van der Waals surface area contributed by atoms with Crippen LogP contribution in [-0.4, -0.2) is 17.5 Å². The molecule has 290 valence electrons. The molecule has 0 atom stereocenters. The van der Waals surface area contributed by atoms with Crippen molar-refractivity contribution in [3.8, 4) is 41.8 Å². The third-order valence-corrected chi connectivity index (χ3v) is 17.1. The van der Waals surface area contributed by atoms with Gasteiger partial charge in [0.2, 0.25) is 0 Å². The Kier molecular flexibility index (Phi) is 12.6. The van der Waals surface area contributed by atoms with Crippen LogP contribution in [0, 0.1) is 27.7 Å². The van der Waals surface area contributed by atoms with E-state index in [1.807, 2.05) is 45.3 Å². The van der Waals surface area contributed by atoms with Crippen molar-refractivity contribution < 1.29 is 0 Å². The summed E-state index contributed by atoms with van der Waals surface area (Å²) in [6, 6.07) is 18.7. The lowest BCUT2D eigenvalue weighted by molar-refractivity contribution is 0.665. The van der Waals surface area contributed by atoms with Gasteiger partial charge < -0.3 is 0 Å². The van der Waals surface area contributed by atoms with Gasteiger partial charge in [-0.15, -0.1) is 45.3 Å². The van der Waals surface area contributed by atoms with E-state index in [1.165, 1.54) is 165 Å². The zero-order chi connectivity index (χ0) is 38.8. The second-order valence-electron chi connectivity index (χ2n) is 15.2. The molecule has 0 aliphatic carbocycles. The molecule has 0 fully saturated rings. The highest BCUT2D eigenvalue weighted by Crippen LogP contribution is 2.44. The van der Waals surface area contributed by atoms with E-state index in [0.717, 1.165) is 41.3 Å². The van der Waals surface area contributed by atoms with Crippen LogP contribution in [0.15, 0.2) is 48.5 Å². The van der Waals surface area contributed by atoms with E-state index in [9.17, 15) is 0 Å². The number of rotatable bonds is 17. The maximum absolute atomic E-state index is 4.92. The lowest BCUT2D eigenvalue weighted by Crippen LogP contribution is -1.93. The summed E-state index contributed by atoms with van der Waals surface area (Å²) in [6.07, 6.45) is 14.6. The smallest absolute Gasteiger partial charge is 0.114 e. The third-order valence-electron chi connectivity index (χ3n) is 11.2. The van der Waals surface area contributed by atoms with Crippen molar-refractivity contribution in [2.24, 2.45) is 0 Å². The van der Waals surface area contributed by atoms with Gasteiger partial charge in [-0.1, -0.05) is 76.6 Å². The maximum atomic E-state index is 4.92. The molecule has 0 radical (unpaired) electrons. The summed E-state index contributed by atoms with van der Waals surface area (Å²) in [4.78, 5) is 11.0. The molecule has 6 aromatic heterocycles. The number of aryl methyl sites for hydroxylation is 8. The first kappa shape index (κ1) is 39.7. The van der Waals surface area contributed by atoms with E-state index in [4.69, 9.17) is 17.5 Å². The minimum atomic E-state index is 1.02. The Labute approximate surface area is 356 Å². The van der Waals surface area contributed by atoms with Gasteiger partial charge in [0.25, 0.3) is 0 Å². The molecule has 10 heteroatoms. The summed E-state index contributed by atoms with van der Waals surface area (Å²) in [6.45, 7) is 13.5. The first-order valence-electron chi connectivity index (χ1n) is 20.2. The number of benzene rings is 2. The van der Waals surface area contributed by atoms with Gasteiger partial charge in [-0.2, -0.15) is 17.5 Å². The highest BCUT2D eigenvalue weighted by atomic mass is 32.1. The van der Waals surface area contributed by atoms with Crippen LogP contribution in [0.4, 0.5) is 0 Å². The second kappa shape index (κ2) is 17.8. The van der Waals surface area contributed by atoms with E-state index in [0.29, 0.717) is 0 Å². The molecule has 0 saturated heterocycles. The van der Waals surface area contributed by atoms with Crippen LogP contribution in [0.3, 0.4) is 0 Å². The summed E-state index contributed by atoms with van der Waals surface area (Å²) in [7, 11) is 0. The van der Waals surface area contributed by atoms with Gasteiger partial charge in [0.1, 0.15) is 22.1 Å². The molecule has 4 nitrogen and oxygen atoms in total. The summed E-state index contributed by atoms with van der Waals surface area (Å²) < 4.78 is 19.4. The van der Waals surface area contributed by atoms with E-state index < -0.39 is 0 Å². The lowest BCUT2D eigenvalue weighted by atomic mass is 10.0. The van der Waals surface area contributed by atoms with Gasteiger partial charge in [0.15, 0.2) is 0 Å². The fourth-order valence-corrected chi connectivity index (χ4v) is 13.5. The highest BCUT2D eigenvalue weighted by molar-refractivity contribution is 7.17. The largest absolute Gasteiger partial charge is 0.172 e. The summed E-state index contributed by atoms with van der Waals surface area (Å²) in [5, 5.41) is 0. The van der Waals surface area contributed by atoms with E-state index in [-0.39, 0.29) is 0 Å². The topological polar surface area (TPSA) is 51.6 Å². The van der Waals surface area contributed by atoms with Crippen molar-refractivity contribution in [1.29, 1.82) is 0 Å². The Morgan fingerprint density at radius 1 is 0.411 bits per heavy atom. The standard InChI is InChI=1S/C46H50N4S6/c1-7-9-11-13-15-31-25-41(52-30(31)6)35-19-20-36(46-45(35)49-56-50-46)42-26-32(16-14-12-10-8-2)38(54-42)22-21-37-28(4)24-40(53-37)34-18-17-33(43-44(34)48-55-47-43)39-23-27(3)29(5)51-39/h17-20,23-26H,7-16,21-22H2,1-6H3. The Morgan fingerprint density at radius 2 is 0.839 bits per heavy atom. The summed E-state index contributed by atoms with van der Waals surface area (Å²) in [5.74, 6) is 0. The van der Waals surface area contributed by atoms with Gasteiger partial charge in [-0.05, 0) is 113 Å². The zero-order valence-electron chi connectivity index (χ0n) is 33.3. The minimum absolute atomic E-state index is 1.02. The summed E-state index contributed by atoms with van der Waals surface area (Å²) >= 11 is 10.3. The van der Waals surface area contributed by atoms with Crippen molar-refractivity contribution in [1.82, 2.24) is 17.5 Å². The molecule has 0 amide bonds. The van der Waals surface area contributed by atoms with Crippen LogP contribution in [0.5, 0.6) is 0 Å². The minimum Gasteiger partial charge on any atom is -0.172 e. The van der Waals surface area contributed by atoms with Crippen molar-refractivity contribution in [3.63, 3.8) is 0 Å². The third kappa shape index (κ3) is 8.25. The van der Waals surface area contributed by atoms with Gasteiger partial charge >= 0.3 is 0 Å². The average Bonchev–Trinajstić information content (AvgIpc) is 4.06. The van der Waals surface area contributed by atoms with E-state index in [1.54, 1.807) is 0 Å². The highest BCUT2D eigenvalue weighted by Gasteiger charge is 2.21. The van der Waals surface area contributed by atoms with Gasteiger partial charge in [-0.3, -0.25) is 0 Å². The Hall–Kier alpha value is -3.12. The fraction of sp³-hybridized carbons (Fsp3) is 0.391. The molecule has 0 bridgehead atoms. The first-order chi connectivity index (χ1) is 27.3. The normalized spacial score (nSPS) is 11.9. The van der Waals surface area contributed by atoms with Gasteiger partial charge in [-0.25, -0.2) is 0 Å². The van der Waals surface area contributed by atoms with Crippen LogP contribution in [0.2, 0.25) is 0 Å². The predicted octanol–water partition coefficient (Wildman–Crippen LogP) is 15.9. The number of nitrogens with zero attached hydrogens (tertiary/aromatic N) is 4. The number of fused-ring (bicyclic) bond motifs is 2. The molecule has 56 heavy (non-hydrogen) atoms. The number of unbranched alkanes of at least 4 members (excludes halogenated alkanes) is 6. The van der Waals surface area contributed by atoms with E-state index >= 15 is 0 Å². The SMILES string of the molecule is CCCCCCc1cc(-c2ccc(-c3cc(CCCCCC)c(CCc4sc(-c5ccc(-c6cc(C)c(C)s6)c6nsnc56)cc4C)s3)c3nsnc23)sc1C. The molecule has 8 aromatic rings. The molecular weight excluding hydrogens is 801 g/mol. The molecule has 2 aromatic carbocycles. The van der Waals surface area contributed by atoms with Crippen molar-refractivity contribution in [3.05, 3.63) is 90.3 Å². The monoisotopic (exact) mass is 850 g/mol. The molecule has 0 unspecified atom stereocenters. The van der Waals surface area contributed by atoms with Crippen LogP contribution < -0.4 is 0 Å². The molecule has 8 rings (SSSR count). The maximum Gasteiger partial charge on any atom is 0.114 e. The van der Waals surface area contributed by atoms with Crippen molar-refractivity contribution >= 4 is 90.9 Å². The Morgan fingerprint density at radius 3 is 1.38 bits per heavy atom. The molecular formula is C46H50N4S6. The summed E-state index contributed by atoms with van der Waals surface area (Å²) in [5.41, 5.74) is 14.7. The van der Waals surface area contributed by atoms with Crippen LogP contribution in [-0.2, 0) is 25.7 Å².